The molecular formula is C10H17N3S. The molecule has 0 bridgehead atoms. The molecule has 1 heterocycles. The van der Waals surface area contributed by atoms with Crippen LogP contribution in [0.5, 0.6) is 0 Å². The fraction of sp³-hybridized carbons (Fsp3) is 0.800. The number of hydrogen-bond donors (Lipinski definition) is 1. The van der Waals surface area contributed by atoms with Gasteiger partial charge in [-0.2, -0.15) is 0 Å². The van der Waals surface area contributed by atoms with Crippen LogP contribution in [0.4, 0.5) is 0 Å². The Kier molecular flexibility index (Phi) is 3.48. The maximum atomic E-state index is 4.15. The largest absolute Gasteiger partial charge is 0.309 e. The van der Waals surface area contributed by atoms with Gasteiger partial charge in [0.2, 0.25) is 0 Å². The van der Waals surface area contributed by atoms with Gasteiger partial charge in [0.05, 0.1) is 11.7 Å². The van der Waals surface area contributed by atoms with Crippen molar-refractivity contribution in [3.8, 4) is 0 Å². The van der Waals surface area contributed by atoms with E-state index in [1.807, 2.05) is 0 Å². The highest BCUT2D eigenvalue weighted by molar-refractivity contribution is 7.03. The van der Waals surface area contributed by atoms with E-state index >= 15 is 0 Å². The molecule has 1 atom stereocenters. The summed E-state index contributed by atoms with van der Waals surface area (Å²) in [6.07, 6.45) is 5.46. The minimum absolute atomic E-state index is 0.434. The van der Waals surface area contributed by atoms with Gasteiger partial charge in [-0.15, -0.1) is 5.10 Å². The molecule has 78 valence electrons. The summed E-state index contributed by atoms with van der Waals surface area (Å²) in [5.74, 6) is 0.917. The van der Waals surface area contributed by atoms with Gasteiger partial charge in [0.15, 0.2) is 0 Å². The molecule has 0 radical (unpaired) electrons. The van der Waals surface area contributed by atoms with Gasteiger partial charge in [0, 0.05) is 5.38 Å². The van der Waals surface area contributed by atoms with E-state index in [1.54, 1.807) is 0 Å². The summed E-state index contributed by atoms with van der Waals surface area (Å²) in [7, 11) is 0. The summed E-state index contributed by atoms with van der Waals surface area (Å²) in [4.78, 5) is 0. The standard InChI is InChI=1S/C10H17N3S/c1-2-11-9(6-8-4-3-5-8)10-7-14-13-12-10/h7-9,11H,2-6H2,1H3. The van der Waals surface area contributed by atoms with Crippen LogP contribution in [0.25, 0.3) is 0 Å². The molecule has 1 aromatic heterocycles. The van der Waals surface area contributed by atoms with Crippen LogP contribution in [0.1, 0.15) is 44.3 Å². The second-order valence-corrected chi connectivity index (χ2v) is 4.58. The number of nitrogens with zero attached hydrogens (tertiary/aromatic N) is 2. The second kappa shape index (κ2) is 4.84. The van der Waals surface area contributed by atoms with Crippen molar-refractivity contribution >= 4 is 11.5 Å². The van der Waals surface area contributed by atoms with Crippen LogP contribution in [0.15, 0.2) is 5.38 Å². The average molecular weight is 211 g/mol. The van der Waals surface area contributed by atoms with Gasteiger partial charge >= 0.3 is 0 Å². The third-order valence-corrected chi connectivity index (χ3v) is 3.50. The number of nitrogens with one attached hydrogen (secondary N) is 1. The van der Waals surface area contributed by atoms with E-state index in [0.29, 0.717) is 6.04 Å². The zero-order valence-corrected chi connectivity index (χ0v) is 9.39. The molecule has 2 rings (SSSR count). The van der Waals surface area contributed by atoms with E-state index in [-0.39, 0.29) is 0 Å². The van der Waals surface area contributed by atoms with Crippen LogP contribution in [-0.2, 0) is 0 Å². The zero-order chi connectivity index (χ0) is 9.80. The van der Waals surface area contributed by atoms with Gasteiger partial charge in [0.25, 0.3) is 0 Å². The lowest BCUT2D eigenvalue weighted by Gasteiger charge is -2.29. The van der Waals surface area contributed by atoms with E-state index in [9.17, 15) is 0 Å². The Morgan fingerprint density at radius 2 is 2.50 bits per heavy atom. The van der Waals surface area contributed by atoms with Gasteiger partial charge in [-0.1, -0.05) is 30.7 Å². The summed E-state index contributed by atoms with van der Waals surface area (Å²) in [5.41, 5.74) is 1.13. The zero-order valence-electron chi connectivity index (χ0n) is 8.57. The molecule has 0 amide bonds. The average Bonchev–Trinajstić information content (AvgIpc) is 2.61. The van der Waals surface area contributed by atoms with Crippen molar-refractivity contribution in [1.29, 1.82) is 0 Å². The Morgan fingerprint density at radius 3 is 3.00 bits per heavy atom. The molecule has 1 aliphatic rings. The number of rotatable bonds is 5. The van der Waals surface area contributed by atoms with Crippen molar-refractivity contribution in [1.82, 2.24) is 14.9 Å². The summed E-state index contributed by atoms with van der Waals surface area (Å²) in [6, 6.07) is 0.434. The Morgan fingerprint density at radius 1 is 1.64 bits per heavy atom. The van der Waals surface area contributed by atoms with Gasteiger partial charge in [-0.05, 0) is 30.4 Å². The van der Waals surface area contributed by atoms with E-state index in [1.165, 1.54) is 37.2 Å². The summed E-state index contributed by atoms with van der Waals surface area (Å²) >= 11 is 1.45. The maximum absolute atomic E-state index is 4.15. The van der Waals surface area contributed by atoms with Crippen molar-refractivity contribution in [2.24, 2.45) is 5.92 Å². The predicted molar refractivity (Wildman–Crippen MR) is 58.3 cm³/mol. The summed E-state index contributed by atoms with van der Waals surface area (Å²) in [5, 5.41) is 9.70. The molecular weight excluding hydrogens is 194 g/mol. The molecule has 0 saturated heterocycles. The monoisotopic (exact) mass is 211 g/mol. The van der Waals surface area contributed by atoms with Crippen LogP contribution in [0.3, 0.4) is 0 Å². The molecule has 3 nitrogen and oxygen atoms in total. The molecule has 1 N–H and O–H groups in total. The van der Waals surface area contributed by atoms with Crippen LogP contribution in [0.2, 0.25) is 0 Å². The topological polar surface area (TPSA) is 37.8 Å². The van der Waals surface area contributed by atoms with E-state index in [4.69, 9.17) is 0 Å². The molecule has 0 aliphatic heterocycles. The lowest BCUT2D eigenvalue weighted by atomic mass is 9.80. The summed E-state index contributed by atoms with van der Waals surface area (Å²) < 4.78 is 3.93. The highest BCUT2D eigenvalue weighted by atomic mass is 32.1. The third-order valence-electron chi connectivity index (χ3n) is 2.98. The molecule has 1 fully saturated rings. The molecule has 1 unspecified atom stereocenters. The van der Waals surface area contributed by atoms with Crippen molar-refractivity contribution in [2.75, 3.05) is 6.54 Å². The number of hydrogen-bond acceptors (Lipinski definition) is 4. The minimum Gasteiger partial charge on any atom is -0.309 e. The van der Waals surface area contributed by atoms with Crippen molar-refractivity contribution in [3.05, 3.63) is 11.1 Å². The first-order chi connectivity index (χ1) is 6.90. The first kappa shape index (κ1) is 10.1. The lowest BCUT2D eigenvalue weighted by Crippen LogP contribution is -2.26. The molecule has 4 heteroatoms. The SMILES string of the molecule is CCNC(CC1CCC1)c1csnn1. The second-order valence-electron chi connectivity index (χ2n) is 3.97. The molecule has 1 saturated carbocycles. The van der Waals surface area contributed by atoms with E-state index in [0.717, 1.165) is 18.2 Å². The van der Waals surface area contributed by atoms with E-state index < -0.39 is 0 Å². The van der Waals surface area contributed by atoms with Gasteiger partial charge in [-0.3, -0.25) is 0 Å². The number of aromatic nitrogens is 2. The van der Waals surface area contributed by atoms with Crippen molar-refractivity contribution in [2.45, 2.75) is 38.6 Å². The minimum atomic E-state index is 0.434. The summed E-state index contributed by atoms with van der Waals surface area (Å²) in [6.45, 7) is 3.16. The Bertz CT molecular complexity index is 256. The van der Waals surface area contributed by atoms with Crippen LogP contribution < -0.4 is 5.32 Å². The lowest BCUT2D eigenvalue weighted by molar-refractivity contribution is 0.260. The molecule has 0 spiro atoms. The highest BCUT2D eigenvalue weighted by Crippen LogP contribution is 2.34. The first-order valence-electron chi connectivity index (χ1n) is 5.40. The van der Waals surface area contributed by atoms with Crippen molar-refractivity contribution in [3.63, 3.8) is 0 Å². The quantitative estimate of drug-likeness (QED) is 0.812. The van der Waals surface area contributed by atoms with E-state index in [2.05, 4.69) is 27.2 Å². The maximum Gasteiger partial charge on any atom is 0.0924 e. The van der Waals surface area contributed by atoms with Gasteiger partial charge in [0.1, 0.15) is 0 Å². The van der Waals surface area contributed by atoms with Crippen LogP contribution >= 0.6 is 11.5 Å². The fourth-order valence-corrected chi connectivity index (χ4v) is 2.45. The highest BCUT2D eigenvalue weighted by Gasteiger charge is 2.23. The molecule has 0 aromatic carbocycles. The third kappa shape index (κ3) is 2.30. The van der Waals surface area contributed by atoms with Crippen LogP contribution in [-0.4, -0.2) is 16.1 Å². The Hall–Kier alpha value is -0.480. The van der Waals surface area contributed by atoms with Gasteiger partial charge in [-0.25, -0.2) is 0 Å². The molecule has 1 aliphatic carbocycles. The van der Waals surface area contributed by atoms with Gasteiger partial charge < -0.3 is 5.32 Å². The van der Waals surface area contributed by atoms with Crippen molar-refractivity contribution < 1.29 is 0 Å². The first-order valence-corrected chi connectivity index (χ1v) is 6.24. The predicted octanol–water partition coefficient (Wildman–Crippen LogP) is 2.38. The smallest absolute Gasteiger partial charge is 0.0924 e. The Balaban J connectivity index is 1.92. The van der Waals surface area contributed by atoms with Crippen LogP contribution in [0, 0.1) is 5.92 Å². The Labute approximate surface area is 89.1 Å². The molecule has 14 heavy (non-hydrogen) atoms. The fourth-order valence-electron chi connectivity index (χ4n) is 1.94. The normalized spacial score (nSPS) is 19.2. The molecule has 1 aromatic rings.